The van der Waals surface area contributed by atoms with Gasteiger partial charge in [0.05, 0.1) is 81.7 Å². The molecule has 0 spiro atoms. The molecule has 2 amide bonds. The lowest BCUT2D eigenvalue weighted by atomic mass is 9.49. The summed E-state index contributed by atoms with van der Waals surface area (Å²) in [6.45, 7) is 23.8. The lowest BCUT2D eigenvalue weighted by Gasteiger charge is -2.32. The van der Waals surface area contributed by atoms with Gasteiger partial charge in [0, 0.05) is 68.1 Å². The highest BCUT2D eigenvalue weighted by atomic mass is 79.9. The summed E-state index contributed by atoms with van der Waals surface area (Å²) in [4.78, 5) is 25.9. The van der Waals surface area contributed by atoms with E-state index in [0.29, 0.717) is 58.7 Å². The van der Waals surface area contributed by atoms with E-state index in [0.717, 1.165) is 18.1 Å². The van der Waals surface area contributed by atoms with Crippen molar-refractivity contribution in [3.8, 4) is 22.6 Å². The molecule has 0 atom stereocenters. The molecule has 3 fully saturated rings. The summed E-state index contributed by atoms with van der Waals surface area (Å²) < 4.78 is 131. The number of benzene rings is 6. The SMILES string of the molecule is CC1(C)OB(B2OC(C)(C)C(C)(C)O2)OC1(C)C.CNC(=O)c1c(-c2ccc(F)cc2)oc2cc(N(Cc3ccc(Cl)cc3)S(C)(=O)=O)c(B3OC(C)(C)C(C)(C)O3)cc12.CNC(=O)c1c(-c2ccc(F)cc2)oc2cc(N(Cc3ccc(Cl)cc3)S(C)(=O)=O)c(Br)cc12. The second-order valence-corrected chi connectivity index (χ2v) is 31.7. The number of halogens is 5. The Labute approximate surface area is 567 Å². The molecule has 3 saturated heterocycles. The summed E-state index contributed by atoms with van der Waals surface area (Å²) in [6.07, 6.45) is 2.23. The molecule has 28 heteroatoms. The predicted molar refractivity (Wildman–Crippen MR) is 371 cm³/mol. The van der Waals surface area contributed by atoms with E-state index < -0.39 is 69.9 Å². The standard InChI is InChI=1S/C30H31BClFN2O6S.C24H19BrClFN2O4S.C12H24B2O4/c1-29(2)30(3,4)41-31(40-29)23-15-22-25(39-27(26(22)28(36)34-5)19-9-13-21(33)14-10-19)16-24(23)35(42(6,37)38)17-18-7-11-20(32)12-8-18;1-28-24(30)22-18-11-19(25)20(12-21(18)33-23(22)15-5-9-17(27)10-6-15)29(34(2,31)32)13-14-3-7-16(26)8-4-14;1-9(2)10(3,4)16-13(15-9)14-17-11(5,6)12(7,8)18-14/h7-16H,17H2,1-6H3,(H,34,36);3-12H,13H2,1-2H3,(H,28,30);1-8H3. The molecule has 2 aromatic heterocycles. The fraction of sp³-hybridized carbons (Fsp3) is 0.364. The van der Waals surface area contributed by atoms with Crippen molar-refractivity contribution in [2.24, 2.45) is 0 Å². The molecule has 0 bridgehead atoms. The van der Waals surface area contributed by atoms with E-state index in [1.165, 1.54) is 71.2 Å². The molecule has 2 N–H and O–H groups in total. The van der Waals surface area contributed by atoms with E-state index in [1.807, 2.05) is 83.1 Å². The number of fused-ring (bicyclic) bond motifs is 2. The molecule has 11 rings (SSSR count). The van der Waals surface area contributed by atoms with Crippen LogP contribution in [0.4, 0.5) is 20.2 Å². The van der Waals surface area contributed by atoms with Gasteiger partial charge in [0.15, 0.2) is 0 Å². The van der Waals surface area contributed by atoms with Crippen molar-refractivity contribution in [3.05, 3.63) is 170 Å². The highest BCUT2D eigenvalue weighted by molar-refractivity contribution is 9.10. The number of sulfonamides is 2. The molecule has 498 valence electrons. The highest BCUT2D eigenvalue weighted by Gasteiger charge is 2.64. The number of amides is 2. The largest absolute Gasteiger partial charge is 0.497 e. The average molecular weight is 1430 g/mol. The third-order valence-electron chi connectivity index (χ3n) is 17.8. The summed E-state index contributed by atoms with van der Waals surface area (Å²) in [5.41, 5.74) is 1.57. The minimum atomic E-state index is -3.86. The van der Waals surface area contributed by atoms with Crippen LogP contribution in [0.2, 0.25) is 10.0 Å². The Hall–Kier alpha value is -6.29. The van der Waals surface area contributed by atoms with Crippen LogP contribution >= 0.6 is 39.1 Å². The third-order valence-corrected chi connectivity index (χ3v) is 21.2. The minimum Gasteiger partial charge on any atom is -0.455 e. The second kappa shape index (κ2) is 26.6. The first kappa shape index (κ1) is 72.0. The van der Waals surface area contributed by atoms with E-state index >= 15 is 0 Å². The predicted octanol–water partition coefficient (Wildman–Crippen LogP) is 13.7. The molecule has 0 saturated carbocycles. The Balaban J connectivity index is 0.000000179. The Morgan fingerprint density at radius 1 is 0.489 bits per heavy atom. The van der Waals surface area contributed by atoms with Gasteiger partial charge < -0.3 is 47.4 Å². The van der Waals surface area contributed by atoms with E-state index in [1.54, 1.807) is 72.8 Å². The molecule has 0 unspecified atom stereocenters. The van der Waals surface area contributed by atoms with Crippen LogP contribution in [0.3, 0.4) is 0 Å². The molecule has 8 aromatic rings. The molecule has 0 radical (unpaired) electrons. The van der Waals surface area contributed by atoms with Crippen LogP contribution in [0, 0.1) is 11.6 Å². The zero-order valence-corrected chi connectivity index (χ0v) is 59.7. The maximum Gasteiger partial charge on any atom is 0.497 e. The first-order chi connectivity index (χ1) is 43.6. The summed E-state index contributed by atoms with van der Waals surface area (Å²) in [5, 5.41) is 7.20. The van der Waals surface area contributed by atoms with E-state index in [2.05, 4.69) is 26.6 Å². The second-order valence-electron chi connectivity index (χ2n) is 26.1. The van der Waals surface area contributed by atoms with Gasteiger partial charge in [0.2, 0.25) is 20.0 Å². The normalized spacial score (nSPS) is 17.5. The molecular weight excluding hydrogens is 1360 g/mol. The van der Waals surface area contributed by atoms with Gasteiger partial charge in [-0.2, -0.15) is 0 Å². The van der Waals surface area contributed by atoms with Crippen LogP contribution in [0.1, 0.15) is 115 Å². The van der Waals surface area contributed by atoms with Crippen molar-refractivity contribution in [1.82, 2.24) is 10.6 Å². The molecule has 5 heterocycles. The minimum absolute atomic E-state index is 0.0121. The number of rotatable bonds is 14. The van der Waals surface area contributed by atoms with Crippen LogP contribution in [0.5, 0.6) is 0 Å². The number of carbonyl (C=O) groups is 2. The van der Waals surface area contributed by atoms with Crippen molar-refractivity contribution in [2.75, 3.05) is 35.2 Å². The van der Waals surface area contributed by atoms with Crippen molar-refractivity contribution < 1.29 is 72.0 Å². The van der Waals surface area contributed by atoms with Crippen LogP contribution in [-0.4, -0.2) is 110 Å². The van der Waals surface area contributed by atoms with Crippen LogP contribution in [0.15, 0.2) is 135 Å². The van der Waals surface area contributed by atoms with Gasteiger partial charge in [-0.1, -0.05) is 47.5 Å². The Kier molecular flexibility index (Phi) is 20.4. The van der Waals surface area contributed by atoms with Gasteiger partial charge in [0.25, 0.3) is 11.8 Å². The zero-order valence-electron chi connectivity index (χ0n) is 55.0. The van der Waals surface area contributed by atoms with Gasteiger partial charge in [-0.3, -0.25) is 18.2 Å². The monoisotopic (exact) mass is 1430 g/mol. The topological polar surface area (TPSA) is 215 Å². The molecule has 3 aliphatic rings. The number of anilines is 2. The van der Waals surface area contributed by atoms with Crippen molar-refractivity contribution in [1.29, 1.82) is 0 Å². The summed E-state index contributed by atoms with van der Waals surface area (Å²) in [5.74, 6) is -1.21. The Morgan fingerprint density at radius 3 is 1.15 bits per heavy atom. The summed E-state index contributed by atoms with van der Waals surface area (Å²) >= 11 is 15.5. The summed E-state index contributed by atoms with van der Waals surface area (Å²) in [7, 11) is -6.48. The van der Waals surface area contributed by atoms with Gasteiger partial charge in [-0.05, 0) is 195 Å². The van der Waals surface area contributed by atoms with Crippen molar-refractivity contribution in [2.45, 2.75) is 130 Å². The van der Waals surface area contributed by atoms with Gasteiger partial charge in [0.1, 0.15) is 34.3 Å². The number of hydrogen-bond acceptors (Lipinski definition) is 14. The Bertz CT molecular complexity index is 4330. The molecule has 6 aromatic carbocycles. The Morgan fingerprint density at radius 2 is 0.809 bits per heavy atom. The van der Waals surface area contributed by atoms with E-state index in [-0.39, 0.29) is 75.3 Å². The molecule has 18 nitrogen and oxygen atoms in total. The first-order valence-electron chi connectivity index (χ1n) is 29.9. The van der Waals surface area contributed by atoms with E-state index in [4.69, 9.17) is 60.0 Å². The lowest BCUT2D eigenvalue weighted by Crippen LogP contribution is -2.41. The molecule has 0 aliphatic carbocycles. The first-order valence-corrected chi connectivity index (χ1v) is 35.2. The van der Waals surface area contributed by atoms with Gasteiger partial charge >= 0.3 is 21.1 Å². The van der Waals surface area contributed by atoms with Crippen LogP contribution in [0.25, 0.3) is 44.6 Å². The lowest BCUT2D eigenvalue weighted by molar-refractivity contribution is 0.00578. The summed E-state index contributed by atoms with van der Waals surface area (Å²) in [6, 6.07) is 31.3. The average Bonchev–Trinajstić information content (AvgIpc) is 1.57. The number of nitrogens with zero attached hydrogens (tertiary/aromatic N) is 2. The molecule has 94 heavy (non-hydrogen) atoms. The number of carbonyl (C=O) groups excluding carboxylic acids is 2. The van der Waals surface area contributed by atoms with E-state index in [9.17, 15) is 35.2 Å². The van der Waals surface area contributed by atoms with Gasteiger partial charge in [-0.15, -0.1) is 0 Å². The van der Waals surface area contributed by atoms with Crippen molar-refractivity contribution >= 4 is 131 Å². The quantitative estimate of drug-likeness (QED) is 0.0969. The van der Waals surface area contributed by atoms with Gasteiger partial charge in [-0.25, -0.2) is 25.6 Å². The van der Waals surface area contributed by atoms with Crippen LogP contribution < -0.4 is 24.7 Å². The number of nitrogens with one attached hydrogen (secondary N) is 2. The number of hydrogen-bond donors (Lipinski definition) is 2. The van der Waals surface area contributed by atoms with Crippen LogP contribution in [-0.2, 0) is 61.1 Å². The molecule has 3 aliphatic heterocycles. The third kappa shape index (κ3) is 15.0. The number of furan rings is 2. The van der Waals surface area contributed by atoms with Crippen molar-refractivity contribution in [3.63, 3.8) is 0 Å². The smallest absolute Gasteiger partial charge is 0.455 e. The fourth-order valence-corrected chi connectivity index (χ4v) is 13.1. The maximum absolute atomic E-state index is 13.7. The highest BCUT2D eigenvalue weighted by Crippen LogP contribution is 2.45. The zero-order chi connectivity index (χ0) is 69.2. The molecular formula is C66H74B3BrCl2F2N4O14S2. The fourth-order valence-electron chi connectivity index (χ4n) is 10.4. The maximum atomic E-state index is 13.7.